The van der Waals surface area contributed by atoms with Crippen molar-refractivity contribution in [3.63, 3.8) is 0 Å². The Bertz CT molecular complexity index is 1550. The molecule has 5 rings (SSSR count). The molecule has 0 bridgehead atoms. The van der Waals surface area contributed by atoms with Crippen LogP contribution in [0.25, 0.3) is 40.3 Å². The number of hydrogen-bond acceptors (Lipinski definition) is 3. The van der Waals surface area contributed by atoms with E-state index in [1.807, 2.05) is 34.0 Å². The fourth-order valence-corrected chi connectivity index (χ4v) is 10.7. The van der Waals surface area contributed by atoms with Gasteiger partial charge >= 0.3 is 0 Å². The number of aryl methyl sites for hydroxylation is 2. The summed E-state index contributed by atoms with van der Waals surface area (Å²) in [4.78, 5) is 3.16. The van der Waals surface area contributed by atoms with E-state index in [1.54, 1.807) is 9.75 Å². The molecule has 3 heteroatoms. The maximum Gasteiger partial charge on any atom is 0.0369 e. The molecule has 0 aliphatic heterocycles. The van der Waals surface area contributed by atoms with Gasteiger partial charge in [0.25, 0.3) is 0 Å². The molecule has 0 aliphatic rings. The van der Waals surface area contributed by atoms with Crippen molar-refractivity contribution >= 4 is 74.4 Å². The molecule has 0 aliphatic carbocycles. The van der Waals surface area contributed by atoms with Crippen molar-refractivity contribution in [3.8, 4) is 0 Å². The Morgan fingerprint density at radius 3 is 1.02 bits per heavy atom. The van der Waals surface area contributed by atoms with Crippen molar-refractivity contribution in [2.45, 2.75) is 168 Å². The first-order valence-corrected chi connectivity index (χ1v) is 21.5. The molecule has 0 nitrogen and oxygen atoms in total. The number of unbranched alkanes of at least 4 members (excludes halogenated alkanes) is 20. The maximum atomic E-state index is 2.50. The van der Waals surface area contributed by atoms with Crippen LogP contribution in [0.2, 0.25) is 0 Å². The Balaban J connectivity index is 1.06. The van der Waals surface area contributed by atoms with Gasteiger partial charge < -0.3 is 0 Å². The summed E-state index contributed by atoms with van der Waals surface area (Å²) in [6, 6.07) is 14.9. The van der Waals surface area contributed by atoms with E-state index < -0.39 is 0 Å². The van der Waals surface area contributed by atoms with Crippen molar-refractivity contribution in [2.24, 2.45) is 0 Å². The van der Waals surface area contributed by atoms with Gasteiger partial charge in [-0.2, -0.15) is 0 Å². The van der Waals surface area contributed by atoms with Gasteiger partial charge in [-0.15, -0.1) is 34.0 Å². The van der Waals surface area contributed by atoms with Gasteiger partial charge in [-0.05, 0) is 72.9 Å². The van der Waals surface area contributed by atoms with Crippen LogP contribution in [0.4, 0.5) is 0 Å². The topological polar surface area (TPSA) is 0 Å². The quantitative estimate of drug-likeness (QED) is 0.0578. The van der Waals surface area contributed by atoms with E-state index in [2.05, 4.69) is 50.2 Å². The molecular weight excluding hydrogens is 601 g/mol. The summed E-state index contributed by atoms with van der Waals surface area (Å²) in [5.41, 5.74) is 0. The van der Waals surface area contributed by atoms with Crippen molar-refractivity contribution in [2.75, 3.05) is 0 Å². The zero-order valence-electron chi connectivity index (χ0n) is 28.7. The number of benzene rings is 2. The van der Waals surface area contributed by atoms with Gasteiger partial charge in [-0.3, -0.25) is 0 Å². The summed E-state index contributed by atoms with van der Waals surface area (Å²) in [7, 11) is 0. The smallest absolute Gasteiger partial charge is 0.0369 e. The molecule has 0 unspecified atom stereocenters. The molecule has 0 saturated carbocycles. The van der Waals surface area contributed by atoms with Crippen LogP contribution >= 0.6 is 34.0 Å². The van der Waals surface area contributed by atoms with E-state index in [4.69, 9.17) is 0 Å². The van der Waals surface area contributed by atoms with Gasteiger partial charge in [0.15, 0.2) is 0 Å². The Kier molecular flexibility index (Phi) is 15.1. The second kappa shape index (κ2) is 19.4. The van der Waals surface area contributed by atoms with Crippen molar-refractivity contribution < 1.29 is 0 Å². The molecule has 3 aromatic heterocycles. The lowest BCUT2D eigenvalue weighted by atomic mass is 10.0. The third kappa shape index (κ3) is 10.8. The summed E-state index contributed by atoms with van der Waals surface area (Å²) in [6.45, 7) is 4.61. The van der Waals surface area contributed by atoms with Crippen LogP contribution < -0.4 is 0 Å². The molecule has 0 spiro atoms. The lowest BCUT2D eigenvalue weighted by Gasteiger charge is -2.02. The molecule has 0 radical (unpaired) electrons. The molecule has 5 aromatic rings. The van der Waals surface area contributed by atoms with Gasteiger partial charge in [0, 0.05) is 39.3 Å². The van der Waals surface area contributed by atoms with E-state index in [-0.39, 0.29) is 0 Å². The average Bonchev–Trinajstić information content (AvgIpc) is 3.73. The van der Waals surface area contributed by atoms with Crippen LogP contribution in [-0.4, -0.2) is 0 Å². The molecule has 0 atom stereocenters. The summed E-state index contributed by atoms with van der Waals surface area (Å²) >= 11 is 6.07. The third-order valence-corrected chi connectivity index (χ3v) is 13.3. The summed E-state index contributed by atoms with van der Waals surface area (Å²) in [5.74, 6) is 0. The summed E-state index contributed by atoms with van der Waals surface area (Å²) in [5, 5.41) is 5.82. The fraction of sp³-hybridized carbons (Fsp3) is 0.619. The fourth-order valence-electron chi connectivity index (χ4n) is 7.13. The van der Waals surface area contributed by atoms with Crippen molar-refractivity contribution in [1.29, 1.82) is 0 Å². The minimum absolute atomic E-state index is 1.25. The first-order valence-electron chi connectivity index (χ1n) is 19.1. The minimum Gasteiger partial charge on any atom is -0.140 e. The lowest BCUT2D eigenvalue weighted by molar-refractivity contribution is 0.544. The molecule has 246 valence electrons. The van der Waals surface area contributed by atoms with E-state index >= 15 is 0 Å². The van der Waals surface area contributed by atoms with Gasteiger partial charge in [-0.25, -0.2) is 0 Å². The molecule has 3 heterocycles. The van der Waals surface area contributed by atoms with Crippen LogP contribution in [0.3, 0.4) is 0 Å². The summed E-state index contributed by atoms with van der Waals surface area (Å²) < 4.78 is 5.87. The standard InChI is InChI=1S/C42H60S3/c1-3-5-7-9-11-13-15-16-18-20-22-24-26-36-28-34-30-38-37-29-33-27-35(25-23-21-19-17-14-12-10-8-6-4-2)43-39(33)31-41(37)45-42(38)32-40(34)44-36/h27-32H,3-26H2,1-2H3. The second-order valence-corrected chi connectivity index (χ2v) is 17.3. The highest BCUT2D eigenvalue weighted by Gasteiger charge is 2.12. The van der Waals surface area contributed by atoms with Gasteiger partial charge in [0.2, 0.25) is 0 Å². The molecular formula is C42H60S3. The van der Waals surface area contributed by atoms with E-state index in [1.165, 1.54) is 194 Å². The largest absolute Gasteiger partial charge is 0.140 e. The number of rotatable bonds is 24. The van der Waals surface area contributed by atoms with Gasteiger partial charge in [0.05, 0.1) is 0 Å². The molecule has 0 fully saturated rings. The van der Waals surface area contributed by atoms with Crippen molar-refractivity contribution in [3.05, 3.63) is 46.2 Å². The van der Waals surface area contributed by atoms with E-state index in [0.29, 0.717) is 0 Å². The molecule has 2 aromatic carbocycles. The zero-order valence-corrected chi connectivity index (χ0v) is 31.1. The third-order valence-electron chi connectivity index (χ3n) is 9.90. The number of fused-ring (bicyclic) bond motifs is 5. The first kappa shape index (κ1) is 34.9. The average molecular weight is 661 g/mol. The second-order valence-electron chi connectivity index (χ2n) is 13.9. The van der Waals surface area contributed by atoms with E-state index in [9.17, 15) is 0 Å². The Labute approximate surface area is 287 Å². The maximum absolute atomic E-state index is 2.50. The molecule has 45 heavy (non-hydrogen) atoms. The highest BCUT2D eigenvalue weighted by Crippen LogP contribution is 2.42. The van der Waals surface area contributed by atoms with Crippen LogP contribution in [-0.2, 0) is 12.8 Å². The van der Waals surface area contributed by atoms with Gasteiger partial charge in [0.1, 0.15) is 0 Å². The first-order chi connectivity index (χ1) is 22.2. The predicted octanol–water partition coefficient (Wildman–Crippen LogP) is 16.2. The molecule has 0 saturated heterocycles. The monoisotopic (exact) mass is 660 g/mol. The number of hydrogen-bond donors (Lipinski definition) is 0. The Morgan fingerprint density at radius 2 is 0.667 bits per heavy atom. The van der Waals surface area contributed by atoms with Crippen LogP contribution in [0.5, 0.6) is 0 Å². The molecule has 0 N–H and O–H groups in total. The minimum atomic E-state index is 1.25. The van der Waals surface area contributed by atoms with Gasteiger partial charge in [-0.1, -0.05) is 142 Å². The normalized spacial score (nSPS) is 12.1. The number of thiophene rings is 3. The van der Waals surface area contributed by atoms with E-state index in [0.717, 1.165) is 0 Å². The molecule has 0 amide bonds. The highest BCUT2D eigenvalue weighted by molar-refractivity contribution is 7.27. The van der Waals surface area contributed by atoms with Crippen LogP contribution in [0, 0.1) is 0 Å². The predicted molar refractivity (Wildman–Crippen MR) is 210 cm³/mol. The Hall–Kier alpha value is -1.42. The van der Waals surface area contributed by atoms with Crippen LogP contribution in [0.1, 0.15) is 165 Å². The van der Waals surface area contributed by atoms with Crippen LogP contribution in [0.15, 0.2) is 36.4 Å². The Morgan fingerprint density at radius 1 is 0.333 bits per heavy atom. The van der Waals surface area contributed by atoms with Crippen molar-refractivity contribution in [1.82, 2.24) is 0 Å². The zero-order chi connectivity index (χ0) is 31.1. The lowest BCUT2D eigenvalue weighted by Crippen LogP contribution is -1.84. The highest BCUT2D eigenvalue weighted by atomic mass is 32.1. The summed E-state index contributed by atoms with van der Waals surface area (Å²) in [6.07, 6.45) is 33.7. The SMILES string of the molecule is CCCCCCCCCCCCCCc1cc2cc3c(cc2s1)sc1cc2sc(CCCCCCCCCCCC)cc2cc13.